The van der Waals surface area contributed by atoms with Crippen molar-refractivity contribution in [1.29, 1.82) is 0 Å². The number of fused-ring (bicyclic) bond motifs is 1. The number of aromatic nitrogens is 2. The Morgan fingerprint density at radius 3 is 2.64 bits per heavy atom. The molecule has 1 aromatic carbocycles. The van der Waals surface area contributed by atoms with Crippen molar-refractivity contribution in [3.8, 4) is 0 Å². The quantitative estimate of drug-likeness (QED) is 0.524. The van der Waals surface area contributed by atoms with Gasteiger partial charge in [-0.05, 0) is 37.5 Å². The van der Waals surface area contributed by atoms with Crippen molar-refractivity contribution in [1.82, 2.24) is 20.2 Å². The van der Waals surface area contributed by atoms with Gasteiger partial charge in [0.05, 0.1) is 16.7 Å². The Bertz CT molecular complexity index is 929. The van der Waals surface area contributed by atoms with Gasteiger partial charge in [0.2, 0.25) is 5.91 Å². The van der Waals surface area contributed by atoms with Crippen LogP contribution in [0.5, 0.6) is 0 Å². The van der Waals surface area contributed by atoms with E-state index in [4.69, 9.17) is 11.6 Å². The first-order chi connectivity index (χ1) is 13.2. The molecule has 0 aliphatic rings. The molecule has 2 aromatic rings. The van der Waals surface area contributed by atoms with Crippen LogP contribution in [0.1, 0.15) is 34.1 Å². The van der Waals surface area contributed by atoms with E-state index in [-0.39, 0.29) is 23.3 Å². The molecule has 3 amide bonds. The third-order valence-corrected chi connectivity index (χ3v) is 5.22. The summed E-state index contributed by atoms with van der Waals surface area (Å²) < 4.78 is 1.56. The minimum Gasteiger partial charge on any atom is -0.335 e. The van der Waals surface area contributed by atoms with Crippen LogP contribution >= 0.6 is 23.4 Å². The molecular formula is C19H25ClN4O3S. The predicted molar refractivity (Wildman–Crippen MR) is 113 cm³/mol. The maximum absolute atomic E-state index is 12.9. The number of imide groups is 1. The summed E-state index contributed by atoms with van der Waals surface area (Å²) in [5.74, 6) is -0.268. The smallest absolute Gasteiger partial charge is 0.321 e. The Kier molecular flexibility index (Phi) is 7.88. The molecule has 0 saturated heterocycles. The average molecular weight is 425 g/mol. The summed E-state index contributed by atoms with van der Waals surface area (Å²) in [6.45, 7) is 8.25. The normalized spacial score (nSPS) is 12.2. The van der Waals surface area contributed by atoms with Gasteiger partial charge in [0.25, 0.3) is 5.56 Å². The van der Waals surface area contributed by atoms with E-state index in [1.54, 1.807) is 22.8 Å². The van der Waals surface area contributed by atoms with Crippen molar-refractivity contribution in [2.75, 3.05) is 5.75 Å². The second-order valence-corrected chi connectivity index (χ2v) is 8.36. The number of amides is 3. The molecule has 1 heterocycles. The van der Waals surface area contributed by atoms with Gasteiger partial charge in [-0.2, -0.15) is 0 Å². The summed E-state index contributed by atoms with van der Waals surface area (Å²) in [6, 6.07) is 4.40. The van der Waals surface area contributed by atoms with Crippen LogP contribution in [-0.4, -0.2) is 33.3 Å². The lowest BCUT2D eigenvalue weighted by Crippen LogP contribution is -2.44. The zero-order chi connectivity index (χ0) is 20.8. The molecule has 0 aliphatic heterocycles. The molecule has 0 saturated carbocycles. The van der Waals surface area contributed by atoms with Gasteiger partial charge < -0.3 is 5.32 Å². The highest BCUT2D eigenvalue weighted by atomic mass is 35.5. The standard InChI is InChI=1S/C19H25ClN4O3S/c1-5-12(4)21-18(27)23-16(25)10-28-19-22-15-7-6-13(20)8-14(15)17(26)24(19)9-11(2)3/h6-8,11-12H,5,9-10H2,1-4H3,(H2,21,23,25,27)/t12-/m0/s1. The van der Waals surface area contributed by atoms with Crippen molar-refractivity contribution in [3.63, 3.8) is 0 Å². The van der Waals surface area contributed by atoms with Crippen molar-refractivity contribution < 1.29 is 9.59 Å². The zero-order valence-electron chi connectivity index (χ0n) is 16.4. The molecule has 1 aromatic heterocycles. The Morgan fingerprint density at radius 2 is 2.00 bits per heavy atom. The van der Waals surface area contributed by atoms with Gasteiger partial charge in [0.1, 0.15) is 0 Å². The largest absolute Gasteiger partial charge is 0.335 e. The monoisotopic (exact) mass is 424 g/mol. The van der Waals surface area contributed by atoms with Gasteiger partial charge in [-0.15, -0.1) is 0 Å². The van der Waals surface area contributed by atoms with Crippen LogP contribution < -0.4 is 16.2 Å². The molecule has 0 aliphatic carbocycles. The van der Waals surface area contributed by atoms with Crippen LogP contribution in [0.15, 0.2) is 28.2 Å². The summed E-state index contributed by atoms with van der Waals surface area (Å²) in [6.07, 6.45) is 0.767. The van der Waals surface area contributed by atoms with Crippen molar-refractivity contribution in [2.24, 2.45) is 5.92 Å². The summed E-state index contributed by atoms with van der Waals surface area (Å²) in [5.41, 5.74) is 0.324. The zero-order valence-corrected chi connectivity index (χ0v) is 18.0. The van der Waals surface area contributed by atoms with Crippen molar-refractivity contribution in [2.45, 2.75) is 51.9 Å². The van der Waals surface area contributed by atoms with E-state index in [0.29, 0.717) is 27.6 Å². The second-order valence-electron chi connectivity index (χ2n) is 6.99. The number of hydrogen-bond donors (Lipinski definition) is 2. The fourth-order valence-corrected chi connectivity index (χ4v) is 3.44. The highest BCUT2D eigenvalue weighted by molar-refractivity contribution is 7.99. The first kappa shape index (κ1) is 22.2. The Labute approximate surface area is 173 Å². The molecule has 2 rings (SSSR count). The van der Waals surface area contributed by atoms with E-state index in [1.165, 1.54) is 0 Å². The highest BCUT2D eigenvalue weighted by Crippen LogP contribution is 2.21. The molecule has 7 nitrogen and oxygen atoms in total. The van der Waals surface area contributed by atoms with E-state index >= 15 is 0 Å². The van der Waals surface area contributed by atoms with E-state index in [0.717, 1.165) is 18.2 Å². The summed E-state index contributed by atoms with van der Waals surface area (Å²) in [4.78, 5) is 41.3. The predicted octanol–water partition coefficient (Wildman–Crippen LogP) is 3.42. The van der Waals surface area contributed by atoms with Gasteiger partial charge in [0, 0.05) is 17.6 Å². The second kappa shape index (κ2) is 9.93. The van der Waals surface area contributed by atoms with Crippen molar-refractivity contribution in [3.05, 3.63) is 33.6 Å². The SMILES string of the molecule is CC[C@H](C)NC(=O)NC(=O)CSc1nc2ccc(Cl)cc2c(=O)n1CC(C)C. The lowest BCUT2D eigenvalue weighted by atomic mass is 10.2. The van der Waals surface area contributed by atoms with Crippen LogP contribution in [0.3, 0.4) is 0 Å². The van der Waals surface area contributed by atoms with Crippen molar-refractivity contribution >= 4 is 46.2 Å². The topological polar surface area (TPSA) is 93.1 Å². The average Bonchev–Trinajstić information content (AvgIpc) is 2.62. The number of rotatable bonds is 7. The Balaban J connectivity index is 2.21. The van der Waals surface area contributed by atoms with Gasteiger partial charge in [-0.3, -0.25) is 19.5 Å². The van der Waals surface area contributed by atoms with Gasteiger partial charge in [-0.25, -0.2) is 9.78 Å². The molecule has 1 atom stereocenters. The van der Waals surface area contributed by atoms with Crippen LogP contribution in [0.25, 0.3) is 10.9 Å². The molecule has 28 heavy (non-hydrogen) atoms. The van der Waals surface area contributed by atoms with Crippen LogP contribution in [0.4, 0.5) is 4.79 Å². The maximum Gasteiger partial charge on any atom is 0.321 e. The molecule has 0 bridgehead atoms. The molecule has 0 fully saturated rings. The van der Waals surface area contributed by atoms with Gasteiger partial charge in [0.15, 0.2) is 5.16 Å². The van der Waals surface area contributed by atoms with Crippen LogP contribution in [-0.2, 0) is 11.3 Å². The number of urea groups is 1. The first-order valence-corrected chi connectivity index (χ1v) is 10.5. The number of thioether (sulfide) groups is 1. The van der Waals surface area contributed by atoms with Gasteiger partial charge >= 0.3 is 6.03 Å². The maximum atomic E-state index is 12.9. The third kappa shape index (κ3) is 5.97. The highest BCUT2D eigenvalue weighted by Gasteiger charge is 2.16. The molecule has 152 valence electrons. The van der Waals surface area contributed by atoms with E-state index in [9.17, 15) is 14.4 Å². The molecule has 0 radical (unpaired) electrons. The first-order valence-electron chi connectivity index (χ1n) is 9.14. The minimum absolute atomic E-state index is 0.0225. The van der Waals surface area contributed by atoms with Crippen LogP contribution in [0, 0.1) is 5.92 Å². The molecule has 9 heteroatoms. The molecule has 0 unspecified atom stereocenters. The number of hydrogen-bond acceptors (Lipinski definition) is 5. The van der Waals surface area contributed by atoms with E-state index in [2.05, 4.69) is 15.6 Å². The third-order valence-electron chi connectivity index (χ3n) is 4.00. The number of nitrogens with zero attached hydrogens (tertiary/aromatic N) is 2. The summed E-state index contributed by atoms with van der Waals surface area (Å²) in [5, 5.41) is 6.31. The number of carbonyl (C=O) groups is 2. The van der Waals surface area contributed by atoms with E-state index < -0.39 is 11.9 Å². The fourth-order valence-electron chi connectivity index (χ4n) is 2.46. The molecular weight excluding hydrogens is 400 g/mol. The number of benzene rings is 1. The summed E-state index contributed by atoms with van der Waals surface area (Å²) in [7, 11) is 0. The van der Waals surface area contributed by atoms with E-state index in [1.807, 2.05) is 27.7 Å². The number of carbonyl (C=O) groups excluding carboxylic acids is 2. The number of nitrogens with one attached hydrogen (secondary N) is 2. The lowest BCUT2D eigenvalue weighted by molar-refractivity contribution is -0.117. The van der Waals surface area contributed by atoms with Gasteiger partial charge in [-0.1, -0.05) is 44.1 Å². The Morgan fingerprint density at radius 1 is 1.29 bits per heavy atom. The fraction of sp³-hybridized carbons (Fsp3) is 0.474. The molecule has 0 spiro atoms. The Hall–Kier alpha value is -2.06. The van der Waals surface area contributed by atoms with Crippen LogP contribution in [0.2, 0.25) is 5.02 Å². The minimum atomic E-state index is -0.527. The lowest BCUT2D eigenvalue weighted by Gasteiger charge is -2.15. The number of halogens is 1. The summed E-state index contributed by atoms with van der Waals surface area (Å²) >= 11 is 7.14. The molecule has 2 N–H and O–H groups in total.